The summed E-state index contributed by atoms with van der Waals surface area (Å²) in [5.41, 5.74) is 1.84. The second-order valence-corrected chi connectivity index (χ2v) is 4.59. The SMILES string of the molecule is CCNCc1ccccc1NC(=O)C1CCC(=O)N1.Cl. The number of para-hydroxylation sites is 1. The molecule has 0 aliphatic carbocycles. The predicted octanol–water partition coefficient (Wildman–Crippen LogP) is 1.43. The number of hydrogen-bond acceptors (Lipinski definition) is 3. The van der Waals surface area contributed by atoms with Crippen LogP contribution in [0.4, 0.5) is 5.69 Å². The van der Waals surface area contributed by atoms with E-state index in [1.807, 2.05) is 31.2 Å². The van der Waals surface area contributed by atoms with Gasteiger partial charge in [0.05, 0.1) is 0 Å². The van der Waals surface area contributed by atoms with Crippen molar-refractivity contribution in [3.8, 4) is 0 Å². The third-order valence-corrected chi connectivity index (χ3v) is 3.15. The molecule has 1 aliphatic rings. The summed E-state index contributed by atoms with van der Waals surface area (Å²) in [5.74, 6) is -0.198. The first-order valence-electron chi connectivity index (χ1n) is 6.59. The van der Waals surface area contributed by atoms with E-state index in [0.717, 1.165) is 17.8 Å². The van der Waals surface area contributed by atoms with Crippen molar-refractivity contribution in [3.05, 3.63) is 29.8 Å². The van der Waals surface area contributed by atoms with Crippen LogP contribution in [0.3, 0.4) is 0 Å². The van der Waals surface area contributed by atoms with Crippen molar-refractivity contribution in [2.24, 2.45) is 0 Å². The smallest absolute Gasteiger partial charge is 0.246 e. The summed E-state index contributed by atoms with van der Waals surface area (Å²) < 4.78 is 0. The van der Waals surface area contributed by atoms with E-state index < -0.39 is 6.04 Å². The molecule has 1 saturated heterocycles. The molecule has 0 saturated carbocycles. The Hall–Kier alpha value is -1.59. The molecule has 2 rings (SSSR count). The molecule has 0 spiro atoms. The Morgan fingerprint density at radius 3 is 2.80 bits per heavy atom. The van der Waals surface area contributed by atoms with E-state index in [1.165, 1.54) is 0 Å². The Balaban J connectivity index is 0.00000200. The van der Waals surface area contributed by atoms with Crippen LogP contribution in [0.1, 0.15) is 25.3 Å². The van der Waals surface area contributed by atoms with Crippen LogP contribution in [0.2, 0.25) is 0 Å². The Labute approximate surface area is 124 Å². The number of benzene rings is 1. The minimum atomic E-state index is -0.403. The molecule has 1 aromatic rings. The van der Waals surface area contributed by atoms with Gasteiger partial charge in [-0.2, -0.15) is 0 Å². The monoisotopic (exact) mass is 297 g/mol. The van der Waals surface area contributed by atoms with Crippen molar-refractivity contribution in [2.75, 3.05) is 11.9 Å². The van der Waals surface area contributed by atoms with Crippen LogP contribution >= 0.6 is 12.4 Å². The second kappa shape index (κ2) is 7.87. The first-order valence-corrected chi connectivity index (χ1v) is 6.59. The molecule has 2 amide bonds. The lowest BCUT2D eigenvalue weighted by Gasteiger charge is -2.14. The van der Waals surface area contributed by atoms with E-state index in [1.54, 1.807) is 0 Å². The molecule has 6 heteroatoms. The summed E-state index contributed by atoms with van der Waals surface area (Å²) in [6.07, 6.45) is 0.997. The molecule has 0 aromatic heterocycles. The van der Waals surface area contributed by atoms with Gasteiger partial charge in [-0.1, -0.05) is 25.1 Å². The maximum absolute atomic E-state index is 12.0. The lowest BCUT2D eigenvalue weighted by molar-refractivity contribution is -0.122. The number of hydrogen-bond donors (Lipinski definition) is 3. The minimum absolute atomic E-state index is 0. The average Bonchev–Trinajstić information content (AvgIpc) is 2.84. The summed E-state index contributed by atoms with van der Waals surface area (Å²) >= 11 is 0. The third-order valence-electron chi connectivity index (χ3n) is 3.15. The van der Waals surface area contributed by atoms with Crippen LogP contribution in [-0.4, -0.2) is 24.4 Å². The molecule has 0 radical (unpaired) electrons. The number of anilines is 1. The lowest BCUT2D eigenvalue weighted by Crippen LogP contribution is -2.37. The average molecular weight is 298 g/mol. The van der Waals surface area contributed by atoms with Gasteiger partial charge in [0.15, 0.2) is 0 Å². The second-order valence-electron chi connectivity index (χ2n) is 4.59. The Bertz CT molecular complexity index is 479. The molecule has 1 unspecified atom stereocenters. The maximum atomic E-state index is 12.0. The molecular weight excluding hydrogens is 278 g/mol. The van der Waals surface area contributed by atoms with Gasteiger partial charge in [0, 0.05) is 18.7 Å². The van der Waals surface area contributed by atoms with Crippen molar-refractivity contribution < 1.29 is 9.59 Å². The highest BCUT2D eigenvalue weighted by Crippen LogP contribution is 2.16. The number of amides is 2. The fourth-order valence-electron chi connectivity index (χ4n) is 2.09. The van der Waals surface area contributed by atoms with Gasteiger partial charge in [-0.15, -0.1) is 12.4 Å². The minimum Gasteiger partial charge on any atom is -0.344 e. The standard InChI is InChI=1S/C14H19N3O2.ClH/c1-2-15-9-10-5-3-4-6-11(10)17-14(19)12-7-8-13(18)16-12;/h3-6,12,15H,2,7-9H2,1H3,(H,16,18)(H,17,19);1H. The quantitative estimate of drug-likeness (QED) is 0.770. The van der Waals surface area contributed by atoms with Crippen LogP contribution in [0, 0.1) is 0 Å². The van der Waals surface area contributed by atoms with Crippen molar-refractivity contribution in [1.82, 2.24) is 10.6 Å². The van der Waals surface area contributed by atoms with Gasteiger partial charge in [0.25, 0.3) is 0 Å². The zero-order valence-electron chi connectivity index (χ0n) is 11.4. The zero-order valence-corrected chi connectivity index (χ0v) is 12.3. The number of halogens is 1. The lowest BCUT2D eigenvalue weighted by atomic mass is 10.1. The summed E-state index contributed by atoms with van der Waals surface area (Å²) in [6.45, 7) is 3.63. The van der Waals surface area contributed by atoms with Crippen molar-refractivity contribution >= 4 is 29.9 Å². The summed E-state index contributed by atoms with van der Waals surface area (Å²) in [4.78, 5) is 23.2. The predicted molar refractivity (Wildman–Crippen MR) is 80.9 cm³/mol. The van der Waals surface area contributed by atoms with E-state index >= 15 is 0 Å². The fraction of sp³-hybridized carbons (Fsp3) is 0.429. The molecule has 20 heavy (non-hydrogen) atoms. The van der Waals surface area contributed by atoms with E-state index in [2.05, 4.69) is 16.0 Å². The van der Waals surface area contributed by atoms with Crippen molar-refractivity contribution in [3.63, 3.8) is 0 Å². The van der Waals surface area contributed by atoms with Crippen LogP contribution in [0.5, 0.6) is 0 Å². The molecule has 0 bridgehead atoms. The van der Waals surface area contributed by atoms with Crippen LogP contribution in [-0.2, 0) is 16.1 Å². The van der Waals surface area contributed by atoms with E-state index in [4.69, 9.17) is 0 Å². The molecule has 1 atom stereocenters. The highest BCUT2D eigenvalue weighted by molar-refractivity contribution is 5.99. The third kappa shape index (κ3) is 4.21. The topological polar surface area (TPSA) is 70.2 Å². The van der Waals surface area contributed by atoms with E-state index in [9.17, 15) is 9.59 Å². The highest BCUT2D eigenvalue weighted by atomic mass is 35.5. The van der Waals surface area contributed by atoms with Crippen LogP contribution in [0.15, 0.2) is 24.3 Å². The van der Waals surface area contributed by atoms with Gasteiger partial charge in [-0.05, 0) is 24.6 Å². The number of carbonyl (C=O) groups is 2. The van der Waals surface area contributed by atoms with Gasteiger partial charge < -0.3 is 16.0 Å². The van der Waals surface area contributed by atoms with Crippen LogP contribution in [0.25, 0.3) is 0 Å². The van der Waals surface area contributed by atoms with Gasteiger partial charge >= 0.3 is 0 Å². The van der Waals surface area contributed by atoms with Crippen molar-refractivity contribution in [2.45, 2.75) is 32.4 Å². The zero-order chi connectivity index (χ0) is 13.7. The summed E-state index contributed by atoms with van der Waals surface area (Å²) in [6, 6.07) is 7.28. The molecular formula is C14H20ClN3O2. The van der Waals surface area contributed by atoms with Crippen LogP contribution < -0.4 is 16.0 Å². The highest BCUT2D eigenvalue weighted by Gasteiger charge is 2.27. The Morgan fingerprint density at radius 1 is 1.40 bits per heavy atom. The fourth-order valence-corrected chi connectivity index (χ4v) is 2.09. The van der Waals surface area contributed by atoms with E-state index in [-0.39, 0.29) is 24.2 Å². The molecule has 1 aliphatic heterocycles. The number of rotatable bonds is 5. The first kappa shape index (κ1) is 16.5. The molecule has 1 heterocycles. The van der Waals surface area contributed by atoms with Gasteiger partial charge in [-0.3, -0.25) is 9.59 Å². The van der Waals surface area contributed by atoms with Gasteiger partial charge in [-0.25, -0.2) is 0 Å². The summed E-state index contributed by atoms with van der Waals surface area (Å²) in [5, 5.41) is 8.79. The van der Waals surface area contributed by atoms with Gasteiger partial charge in [0.2, 0.25) is 11.8 Å². The number of carbonyl (C=O) groups excluding carboxylic acids is 2. The normalized spacial score (nSPS) is 17.2. The molecule has 110 valence electrons. The molecule has 1 fully saturated rings. The Morgan fingerprint density at radius 2 is 2.15 bits per heavy atom. The van der Waals surface area contributed by atoms with Gasteiger partial charge in [0.1, 0.15) is 6.04 Å². The van der Waals surface area contributed by atoms with Crippen molar-refractivity contribution in [1.29, 1.82) is 0 Å². The summed E-state index contributed by atoms with van der Waals surface area (Å²) in [7, 11) is 0. The molecule has 1 aromatic carbocycles. The Kier molecular flexibility index (Phi) is 6.48. The number of nitrogens with one attached hydrogen (secondary N) is 3. The van der Waals surface area contributed by atoms with E-state index in [0.29, 0.717) is 19.4 Å². The maximum Gasteiger partial charge on any atom is 0.246 e. The first-order chi connectivity index (χ1) is 9.20. The molecule has 5 nitrogen and oxygen atoms in total. The molecule has 3 N–H and O–H groups in total. The largest absolute Gasteiger partial charge is 0.344 e.